The molecule has 1 unspecified atom stereocenters. The molecular formula is C16H17N3. The van der Waals surface area contributed by atoms with Gasteiger partial charge in [-0.25, -0.2) is 4.98 Å². The zero-order chi connectivity index (χ0) is 13.2. The number of nitrogens with zero attached hydrogens (tertiary/aromatic N) is 2. The maximum atomic E-state index is 4.71. The fraction of sp³-hybridized carbons (Fsp3) is 0.188. The van der Waals surface area contributed by atoms with Gasteiger partial charge in [0.25, 0.3) is 0 Å². The molecule has 96 valence electrons. The van der Waals surface area contributed by atoms with Gasteiger partial charge in [-0.15, -0.1) is 0 Å². The van der Waals surface area contributed by atoms with Gasteiger partial charge in [0.1, 0.15) is 5.82 Å². The summed E-state index contributed by atoms with van der Waals surface area (Å²) in [6, 6.07) is 18.7. The number of nitrogens with one attached hydrogen (secondary N) is 1. The molecule has 1 heterocycles. The lowest BCUT2D eigenvalue weighted by Crippen LogP contribution is -2.22. The average Bonchev–Trinajstić information content (AvgIpc) is 2.82. The maximum absolute atomic E-state index is 4.71. The van der Waals surface area contributed by atoms with Crippen molar-refractivity contribution in [3.8, 4) is 0 Å². The SMILES string of the molecule is CN(C)C(c1ccccc1)c1nc2ccccc2[nH]1. The van der Waals surface area contributed by atoms with Crippen molar-refractivity contribution in [1.29, 1.82) is 0 Å². The number of hydrogen-bond acceptors (Lipinski definition) is 2. The van der Waals surface area contributed by atoms with Crippen molar-refractivity contribution in [2.75, 3.05) is 14.1 Å². The van der Waals surface area contributed by atoms with Crippen LogP contribution in [-0.2, 0) is 0 Å². The summed E-state index contributed by atoms with van der Waals surface area (Å²) < 4.78 is 0. The molecule has 0 spiro atoms. The van der Waals surface area contributed by atoms with Crippen molar-refractivity contribution < 1.29 is 0 Å². The van der Waals surface area contributed by atoms with Crippen LogP contribution in [0.4, 0.5) is 0 Å². The van der Waals surface area contributed by atoms with Crippen molar-refractivity contribution in [3.05, 3.63) is 66.0 Å². The van der Waals surface area contributed by atoms with Crippen molar-refractivity contribution >= 4 is 11.0 Å². The van der Waals surface area contributed by atoms with E-state index in [1.807, 2.05) is 24.3 Å². The zero-order valence-electron chi connectivity index (χ0n) is 11.2. The molecule has 0 aliphatic rings. The standard InChI is InChI=1S/C16H17N3/c1-19(2)15(12-8-4-3-5-9-12)16-17-13-10-6-7-11-14(13)18-16/h3-11,15H,1-2H3,(H,17,18). The molecule has 1 atom stereocenters. The fourth-order valence-electron chi connectivity index (χ4n) is 2.44. The van der Waals surface area contributed by atoms with E-state index in [-0.39, 0.29) is 6.04 Å². The smallest absolute Gasteiger partial charge is 0.129 e. The molecule has 0 aliphatic heterocycles. The van der Waals surface area contributed by atoms with Crippen LogP contribution in [0.15, 0.2) is 54.6 Å². The fourth-order valence-corrected chi connectivity index (χ4v) is 2.44. The first-order valence-electron chi connectivity index (χ1n) is 6.42. The first-order chi connectivity index (χ1) is 9.25. The van der Waals surface area contributed by atoms with E-state index in [9.17, 15) is 0 Å². The second-order valence-corrected chi connectivity index (χ2v) is 4.92. The van der Waals surface area contributed by atoms with Crippen LogP contribution < -0.4 is 0 Å². The number of rotatable bonds is 3. The molecule has 3 heteroatoms. The third-order valence-electron chi connectivity index (χ3n) is 3.30. The van der Waals surface area contributed by atoms with Crippen LogP contribution >= 0.6 is 0 Å². The molecule has 3 rings (SSSR count). The molecule has 2 aromatic carbocycles. The number of aromatic nitrogens is 2. The Hall–Kier alpha value is -2.13. The molecule has 0 fully saturated rings. The minimum absolute atomic E-state index is 0.147. The van der Waals surface area contributed by atoms with Gasteiger partial charge < -0.3 is 4.98 Å². The lowest BCUT2D eigenvalue weighted by Gasteiger charge is -2.22. The molecule has 0 saturated heterocycles. The molecule has 0 amide bonds. The predicted molar refractivity (Wildman–Crippen MR) is 78.1 cm³/mol. The molecule has 3 nitrogen and oxygen atoms in total. The summed E-state index contributed by atoms with van der Waals surface area (Å²) in [5, 5.41) is 0. The Labute approximate surface area is 112 Å². The molecule has 3 aromatic rings. The van der Waals surface area contributed by atoms with Gasteiger partial charge in [-0.3, -0.25) is 4.90 Å². The van der Waals surface area contributed by atoms with Gasteiger partial charge in [0.15, 0.2) is 0 Å². The summed E-state index contributed by atoms with van der Waals surface area (Å²) in [5.41, 5.74) is 3.34. The van der Waals surface area contributed by atoms with Gasteiger partial charge >= 0.3 is 0 Å². The number of aromatic amines is 1. The summed E-state index contributed by atoms with van der Waals surface area (Å²) in [5.74, 6) is 0.984. The number of imidazole rings is 1. The van der Waals surface area contributed by atoms with Crippen LogP contribution in [0, 0.1) is 0 Å². The van der Waals surface area contributed by atoms with Crippen LogP contribution in [0.3, 0.4) is 0 Å². The third kappa shape index (κ3) is 2.25. The van der Waals surface area contributed by atoms with E-state index in [2.05, 4.69) is 54.3 Å². The second-order valence-electron chi connectivity index (χ2n) is 4.92. The highest BCUT2D eigenvalue weighted by molar-refractivity contribution is 5.74. The van der Waals surface area contributed by atoms with Gasteiger partial charge in [0.05, 0.1) is 17.1 Å². The molecule has 0 aliphatic carbocycles. The van der Waals surface area contributed by atoms with Gasteiger partial charge in [-0.1, -0.05) is 42.5 Å². The van der Waals surface area contributed by atoms with E-state index in [4.69, 9.17) is 4.98 Å². The topological polar surface area (TPSA) is 31.9 Å². The lowest BCUT2D eigenvalue weighted by atomic mass is 10.1. The van der Waals surface area contributed by atoms with Gasteiger partial charge in [-0.05, 0) is 31.8 Å². The summed E-state index contributed by atoms with van der Waals surface area (Å²) in [7, 11) is 4.15. The van der Waals surface area contributed by atoms with E-state index in [1.54, 1.807) is 0 Å². The Bertz CT molecular complexity index is 638. The summed E-state index contributed by atoms with van der Waals surface area (Å²) in [4.78, 5) is 10.3. The van der Waals surface area contributed by atoms with Gasteiger partial charge in [0.2, 0.25) is 0 Å². The average molecular weight is 251 g/mol. The van der Waals surface area contributed by atoms with Crippen LogP contribution in [0.5, 0.6) is 0 Å². The maximum Gasteiger partial charge on any atom is 0.129 e. The number of benzene rings is 2. The van der Waals surface area contributed by atoms with Gasteiger partial charge in [-0.2, -0.15) is 0 Å². The minimum Gasteiger partial charge on any atom is -0.340 e. The summed E-state index contributed by atoms with van der Waals surface area (Å²) in [6.07, 6.45) is 0. The molecule has 0 radical (unpaired) electrons. The van der Waals surface area contributed by atoms with Crippen LogP contribution in [0.2, 0.25) is 0 Å². The van der Waals surface area contributed by atoms with E-state index in [0.29, 0.717) is 0 Å². The van der Waals surface area contributed by atoms with E-state index >= 15 is 0 Å². The Kier molecular flexibility index (Phi) is 3.05. The summed E-state index contributed by atoms with van der Waals surface area (Å²) in [6.45, 7) is 0. The minimum atomic E-state index is 0.147. The number of para-hydroxylation sites is 2. The van der Waals surface area contributed by atoms with Crippen LogP contribution in [0.1, 0.15) is 17.4 Å². The summed E-state index contributed by atoms with van der Waals surface area (Å²) >= 11 is 0. The highest BCUT2D eigenvalue weighted by Gasteiger charge is 2.19. The molecular weight excluding hydrogens is 234 g/mol. The van der Waals surface area contributed by atoms with E-state index in [1.165, 1.54) is 5.56 Å². The monoisotopic (exact) mass is 251 g/mol. The number of H-pyrrole nitrogens is 1. The highest BCUT2D eigenvalue weighted by Crippen LogP contribution is 2.26. The predicted octanol–water partition coefficient (Wildman–Crippen LogP) is 3.21. The van der Waals surface area contributed by atoms with Crippen LogP contribution in [0.25, 0.3) is 11.0 Å². The quantitative estimate of drug-likeness (QED) is 0.775. The highest BCUT2D eigenvalue weighted by atomic mass is 15.1. The number of hydrogen-bond donors (Lipinski definition) is 1. The Morgan fingerprint density at radius 1 is 0.947 bits per heavy atom. The Balaban J connectivity index is 2.10. The normalized spacial score (nSPS) is 13.0. The molecule has 0 saturated carbocycles. The molecule has 1 N–H and O–H groups in total. The number of fused-ring (bicyclic) bond motifs is 1. The molecule has 0 bridgehead atoms. The second kappa shape index (κ2) is 4.86. The lowest BCUT2D eigenvalue weighted by molar-refractivity contribution is 0.332. The largest absolute Gasteiger partial charge is 0.340 e. The Morgan fingerprint density at radius 2 is 1.63 bits per heavy atom. The van der Waals surface area contributed by atoms with E-state index in [0.717, 1.165) is 16.9 Å². The van der Waals surface area contributed by atoms with Crippen molar-refractivity contribution in [2.45, 2.75) is 6.04 Å². The van der Waals surface area contributed by atoms with Crippen molar-refractivity contribution in [1.82, 2.24) is 14.9 Å². The zero-order valence-corrected chi connectivity index (χ0v) is 11.2. The molecule has 1 aromatic heterocycles. The van der Waals surface area contributed by atoms with E-state index < -0.39 is 0 Å². The van der Waals surface area contributed by atoms with Crippen molar-refractivity contribution in [2.24, 2.45) is 0 Å². The first kappa shape index (κ1) is 11.9. The van der Waals surface area contributed by atoms with Gasteiger partial charge in [0, 0.05) is 0 Å². The first-order valence-corrected chi connectivity index (χ1v) is 6.42. The molecule has 19 heavy (non-hydrogen) atoms. The Morgan fingerprint density at radius 3 is 2.32 bits per heavy atom. The third-order valence-corrected chi connectivity index (χ3v) is 3.30. The van der Waals surface area contributed by atoms with Crippen LogP contribution in [-0.4, -0.2) is 29.0 Å². The van der Waals surface area contributed by atoms with Crippen molar-refractivity contribution in [3.63, 3.8) is 0 Å².